The number of nitrogens with zero attached hydrogens (tertiary/aromatic N) is 3. The summed E-state index contributed by atoms with van der Waals surface area (Å²) < 4.78 is 62.5. The lowest BCUT2D eigenvalue weighted by atomic mass is 9.99. The summed E-state index contributed by atoms with van der Waals surface area (Å²) in [6, 6.07) is 2.68. The summed E-state index contributed by atoms with van der Waals surface area (Å²) in [7, 11) is 1.30. The highest BCUT2D eigenvalue weighted by Crippen LogP contribution is 2.33. The summed E-state index contributed by atoms with van der Waals surface area (Å²) in [4.78, 5) is 2.97. The molecule has 1 aromatic carbocycles. The van der Waals surface area contributed by atoms with Crippen molar-refractivity contribution in [1.29, 1.82) is 0 Å². The Morgan fingerprint density at radius 2 is 1.88 bits per heavy atom. The molecule has 0 aliphatic rings. The number of hydrogen-bond donors (Lipinski definition) is 1. The molecule has 0 radical (unpaired) electrons. The van der Waals surface area contributed by atoms with E-state index in [9.17, 15) is 21.6 Å². The molecule has 0 atom stereocenters. The van der Waals surface area contributed by atoms with Crippen LogP contribution in [-0.2, 0) is 15.2 Å². The van der Waals surface area contributed by atoms with Gasteiger partial charge in [-0.15, -0.1) is 5.10 Å². The fraction of sp³-hybridized carbons (Fsp3) is 0.385. The average Bonchev–Trinajstić information content (AvgIpc) is 2.79. The van der Waals surface area contributed by atoms with Gasteiger partial charge in [-0.05, 0) is 30.0 Å². The first kappa shape index (κ1) is 18.5. The Morgan fingerprint density at radius 3 is 2.29 bits per heavy atom. The smallest absolute Gasteiger partial charge is 0.368 e. The predicted molar refractivity (Wildman–Crippen MR) is 82.6 cm³/mol. The zero-order valence-corrected chi connectivity index (χ0v) is 14.5. The number of nitrogen functional groups attached to an aromatic ring is 1. The van der Waals surface area contributed by atoms with Gasteiger partial charge in [0.15, 0.2) is 0 Å². The maximum absolute atomic E-state index is 12.8. The van der Waals surface area contributed by atoms with Crippen LogP contribution in [0.4, 0.5) is 19.1 Å². The summed E-state index contributed by atoms with van der Waals surface area (Å²) in [6.07, 6.45) is -4.77. The number of anilines is 1. The highest BCUT2D eigenvalue weighted by molar-refractivity contribution is 8.13. The molecule has 2 N–H and O–H groups in total. The monoisotopic (exact) mass is 382 g/mol. The number of halogens is 4. The predicted octanol–water partition coefficient (Wildman–Crippen LogP) is 3.23. The third-order valence-electron chi connectivity index (χ3n) is 3.32. The SMILES string of the molecule is Cc1cc(C(C)C)c(-n2nc(C(F)(F)F)nc2N)cc1S(=O)(=O)Cl. The van der Waals surface area contributed by atoms with Crippen LogP contribution in [0, 0.1) is 6.92 Å². The summed E-state index contributed by atoms with van der Waals surface area (Å²) in [5.41, 5.74) is 6.55. The molecule has 2 rings (SSSR count). The Bertz CT molecular complexity index is 891. The normalized spacial score (nSPS) is 12.8. The first-order chi connectivity index (χ1) is 10.8. The van der Waals surface area contributed by atoms with Gasteiger partial charge in [0, 0.05) is 10.7 Å². The second kappa shape index (κ2) is 5.92. The van der Waals surface area contributed by atoms with Crippen LogP contribution >= 0.6 is 10.7 Å². The van der Waals surface area contributed by atoms with Crippen molar-refractivity contribution in [2.45, 2.75) is 37.8 Å². The number of benzene rings is 1. The topological polar surface area (TPSA) is 90.9 Å². The molecule has 0 fully saturated rings. The van der Waals surface area contributed by atoms with Crippen molar-refractivity contribution in [3.63, 3.8) is 0 Å². The highest BCUT2D eigenvalue weighted by atomic mass is 35.7. The van der Waals surface area contributed by atoms with E-state index in [1.807, 2.05) is 0 Å². The molecule has 0 bridgehead atoms. The van der Waals surface area contributed by atoms with Crippen molar-refractivity contribution >= 4 is 25.7 Å². The zero-order chi connectivity index (χ0) is 18.4. The van der Waals surface area contributed by atoms with Crippen LogP contribution in [0.3, 0.4) is 0 Å². The molecular weight excluding hydrogens is 369 g/mol. The van der Waals surface area contributed by atoms with Crippen LogP contribution in [0.5, 0.6) is 0 Å². The molecule has 2 aromatic rings. The van der Waals surface area contributed by atoms with Gasteiger partial charge in [0.05, 0.1) is 10.6 Å². The van der Waals surface area contributed by atoms with Gasteiger partial charge < -0.3 is 5.73 Å². The molecule has 6 nitrogen and oxygen atoms in total. The molecule has 24 heavy (non-hydrogen) atoms. The quantitative estimate of drug-likeness (QED) is 0.823. The zero-order valence-electron chi connectivity index (χ0n) is 12.9. The molecular formula is C13H14ClF3N4O2S. The number of aryl methyl sites for hydroxylation is 1. The van der Waals surface area contributed by atoms with E-state index < -0.39 is 27.0 Å². The number of rotatable bonds is 3. The fourth-order valence-electron chi connectivity index (χ4n) is 2.23. The van der Waals surface area contributed by atoms with Crippen molar-refractivity contribution in [1.82, 2.24) is 14.8 Å². The molecule has 0 saturated heterocycles. The third-order valence-corrected chi connectivity index (χ3v) is 4.79. The summed E-state index contributed by atoms with van der Waals surface area (Å²) >= 11 is 0. The van der Waals surface area contributed by atoms with E-state index in [0.29, 0.717) is 11.1 Å². The fourth-order valence-corrected chi connectivity index (χ4v) is 3.42. The van der Waals surface area contributed by atoms with Gasteiger partial charge in [0.25, 0.3) is 14.9 Å². The molecule has 0 saturated carbocycles. The van der Waals surface area contributed by atoms with E-state index in [1.165, 1.54) is 13.0 Å². The Hall–Kier alpha value is -1.81. The van der Waals surface area contributed by atoms with Crippen molar-refractivity contribution in [2.75, 3.05) is 5.73 Å². The van der Waals surface area contributed by atoms with E-state index >= 15 is 0 Å². The standard InChI is InChI=1S/C13H14ClF3N4O2S/c1-6(2)8-4-7(3)10(24(14,22)23)5-9(8)21-12(18)19-11(20-21)13(15,16)17/h4-6H,1-3H3,(H2,18,19,20). The van der Waals surface area contributed by atoms with E-state index in [1.54, 1.807) is 13.8 Å². The summed E-state index contributed by atoms with van der Waals surface area (Å²) in [5, 5.41) is 3.36. The lowest BCUT2D eigenvalue weighted by Gasteiger charge is -2.16. The maximum Gasteiger partial charge on any atom is 0.453 e. The lowest BCUT2D eigenvalue weighted by Crippen LogP contribution is -2.11. The number of aromatic nitrogens is 3. The first-order valence-corrected chi connectivity index (χ1v) is 9.02. The van der Waals surface area contributed by atoms with E-state index in [4.69, 9.17) is 16.4 Å². The minimum atomic E-state index is -4.77. The van der Waals surface area contributed by atoms with Crippen molar-refractivity contribution in [3.05, 3.63) is 29.1 Å². The van der Waals surface area contributed by atoms with Crippen LogP contribution in [0.2, 0.25) is 0 Å². The summed E-state index contributed by atoms with van der Waals surface area (Å²) in [5.74, 6) is -2.06. The van der Waals surface area contributed by atoms with Gasteiger partial charge in [-0.2, -0.15) is 22.8 Å². The van der Waals surface area contributed by atoms with Crippen LogP contribution in [0.1, 0.15) is 36.7 Å². The van der Waals surface area contributed by atoms with Gasteiger partial charge in [0.2, 0.25) is 5.95 Å². The maximum atomic E-state index is 12.8. The minimum absolute atomic E-state index is 0.0790. The molecule has 0 spiro atoms. The molecule has 11 heteroatoms. The van der Waals surface area contributed by atoms with Crippen LogP contribution in [0.25, 0.3) is 5.69 Å². The van der Waals surface area contributed by atoms with Gasteiger partial charge in [-0.3, -0.25) is 0 Å². The third kappa shape index (κ3) is 3.48. The molecule has 0 aliphatic carbocycles. The van der Waals surface area contributed by atoms with Gasteiger partial charge in [-0.25, -0.2) is 8.42 Å². The van der Waals surface area contributed by atoms with Crippen LogP contribution in [0.15, 0.2) is 17.0 Å². The Labute approximate surface area is 140 Å². The molecule has 0 amide bonds. The lowest BCUT2D eigenvalue weighted by molar-refractivity contribution is -0.144. The van der Waals surface area contributed by atoms with E-state index in [-0.39, 0.29) is 16.5 Å². The summed E-state index contributed by atoms with van der Waals surface area (Å²) in [6.45, 7) is 5.13. The molecule has 0 unspecified atom stereocenters. The van der Waals surface area contributed by atoms with Gasteiger partial charge in [-0.1, -0.05) is 19.9 Å². The molecule has 1 heterocycles. The van der Waals surface area contributed by atoms with E-state index in [2.05, 4.69) is 10.1 Å². The molecule has 1 aromatic heterocycles. The number of nitrogens with two attached hydrogens (primary N) is 1. The number of hydrogen-bond acceptors (Lipinski definition) is 5. The molecule has 132 valence electrons. The Morgan fingerprint density at radius 1 is 1.29 bits per heavy atom. The largest absolute Gasteiger partial charge is 0.453 e. The minimum Gasteiger partial charge on any atom is -0.368 e. The van der Waals surface area contributed by atoms with Crippen LogP contribution < -0.4 is 5.73 Å². The van der Waals surface area contributed by atoms with Gasteiger partial charge >= 0.3 is 6.18 Å². The van der Waals surface area contributed by atoms with Crippen molar-refractivity contribution in [3.8, 4) is 5.69 Å². The van der Waals surface area contributed by atoms with Crippen molar-refractivity contribution < 1.29 is 21.6 Å². The molecule has 0 aliphatic heterocycles. The van der Waals surface area contributed by atoms with Crippen molar-refractivity contribution in [2.24, 2.45) is 0 Å². The van der Waals surface area contributed by atoms with E-state index in [0.717, 1.165) is 10.7 Å². The van der Waals surface area contributed by atoms with Crippen LogP contribution in [-0.4, -0.2) is 23.2 Å². The average molecular weight is 383 g/mol. The second-order valence-electron chi connectivity index (χ2n) is 5.47. The highest BCUT2D eigenvalue weighted by Gasteiger charge is 2.37. The second-order valence-corrected chi connectivity index (χ2v) is 8.01. The van der Waals surface area contributed by atoms with Gasteiger partial charge in [0.1, 0.15) is 0 Å². The Balaban J connectivity index is 2.80. The number of alkyl halides is 3. The Kier molecular flexibility index (Phi) is 4.57. The first-order valence-electron chi connectivity index (χ1n) is 6.71.